The molecule has 3 aromatic carbocycles. The summed E-state index contributed by atoms with van der Waals surface area (Å²) in [5.41, 5.74) is 14.9. The van der Waals surface area contributed by atoms with Gasteiger partial charge in [-0.15, -0.1) is 0 Å². The molecule has 1 aromatic heterocycles. The van der Waals surface area contributed by atoms with Gasteiger partial charge in [-0.05, 0) is 133 Å². The average molecular weight is 826 g/mol. The van der Waals surface area contributed by atoms with Gasteiger partial charge in [-0.2, -0.15) is 0 Å². The van der Waals surface area contributed by atoms with E-state index in [2.05, 4.69) is 91.3 Å². The Morgan fingerprint density at radius 3 is 2.70 bits per heavy atom. The zero-order valence-corrected chi connectivity index (χ0v) is 36.1. The SMILES string of the molecule is CC(C)CCC1CCC2CC(O)CCc3cc(c(O)cc3CO)OCc3cc(C45CCOCC4CCc4ccccc45)cc4cn(cc34)C3=C(CO2)C(=CC(N)N3)C#CC1C. The second-order valence-corrected chi connectivity index (χ2v) is 18.8. The molecule has 0 spiro atoms. The first-order valence-corrected chi connectivity index (χ1v) is 22.8. The monoisotopic (exact) mass is 825 g/mol. The van der Waals surface area contributed by atoms with Crippen LogP contribution in [0.3, 0.4) is 0 Å². The van der Waals surface area contributed by atoms with Crippen LogP contribution in [0.4, 0.5) is 0 Å². The molecule has 6 bridgehead atoms. The Kier molecular flexibility index (Phi) is 12.1. The van der Waals surface area contributed by atoms with Crippen LogP contribution in [0.2, 0.25) is 0 Å². The van der Waals surface area contributed by atoms with Gasteiger partial charge in [0.05, 0.1) is 38.2 Å². The third-order valence-corrected chi connectivity index (χ3v) is 14.5. The van der Waals surface area contributed by atoms with Crippen LogP contribution < -0.4 is 15.8 Å². The molecule has 0 radical (unpaired) electrons. The third-order valence-electron chi connectivity index (χ3n) is 14.5. The predicted molar refractivity (Wildman–Crippen MR) is 240 cm³/mol. The summed E-state index contributed by atoms with van der Waals surface area (Å²) in [6.45, 7) is 8.51. The number of benzene rings is 3. The van der Waals surface area contributed by atoms with E-state index in [1.165, 1.54) is 16.7 Å². The summed E-state index contributed by atoms with van der Waals surface area (Å²) in [5.74, 6) is 9.93. The van der Waals surface area contributed by atoms with Crippen molar-refractivity contribution < 1.29 is 29.5 Å². The van der Waals surface area contributed by atoms with E-state index < -0.39 is 12.3 Å². The molecule has 0 saturated carbocycles. The highest BCUT2D eigenvalue weighted by molar-refractivity contribution is 5.88. The van der Waals surface area contributed by atoms with Crippen molar-refractivity contribution in [3.05, 3.63) is 112 Å². The molecule has 322 valence electrons. The van der Waals surface area contributed by atoms with Crippen molar-refractivity contribution in [2.45, 2.75) is 122 Å². The normalized spacial score (nSPS) is 28.0. The predicted octanol–water partition coefficient (Wildman–Crippen LogP) is 8.24. The number of phenolic OH excluding ortho intramolecular Hbond substituents is 1. The maximum atomic E-state index is 11.6. The summed E-state index contributed by atoms with van der Waals surface area (Å²) in [6, 6.07) is 17.1. The van der Waals surface area contributed by atoms with Crippen LogP contribution in [0.25, 0.3) is 16.6 Å². The zero-order chi connectivity index (χ0) is 42.3. The number of aliphatic hydroxyl groups is 2. The minimum atomic E-state index is -0.635. The van der Waals surface area contributed by atoms with Crippen LogP contribution in [0.15, 0.2) is 78.1 Å². The van der Waals surface area contributed by atoms with Crippen molar-refractivity contribution >= 4 is 16.6 Å². The minimum absolute atomic E-state index is 0.0205. The number of aliphatic hydroxyl groups excluding tert-OH is 2. The number of aromatic nitrogens is 1. The van der Waals surface area contributed by atoms with E-state index in [1.807, 2.05) is 12.1 Å². The first-order valence-electron chi connectivity index (χ1n) is 22.8. The van der Waals surface area contributed by atoms with Crippen molar-refractivity contribution in [3.8, 4) is 23.3 Å². The lowest BCUT2D eigenvalue weighted by molar-refractivity contribution is 0.00498. The van der Waals surface area contributed by atoms with Gasteiger partial charge in [0.2, 0.25) is 0 Å². The molecule has 4 aliphatic heterocycles. The van der Waals surface area contributed by atoms with E-state index in [4.69, 9.17) is 19.9 Å². The lowest BCUT2D eigenvalue weighted by Crippen LogP contribution is -2.47. The van der Waals surface area contributed by atoms with Gasteiger partial charge in [0.15, 0.2) is 11.5 Å². The summed E-state index contributed by atoms with van der Waals surface area (Å²) in [6.07, 6.45) is 13.5. The van der Waals surface area contributed by atoms with Crippen LogP contribution in [0.5, 0.6) is 11.5 Å². The highest BCUT2D eigenvalue weighted by Gasteiger charge is 2.47. The number of rotatable bonds is 5. The smallest absolute Gasteiger partial charge is 0.161 e. The highest BCUT2D eigenvalue weighted by atomic mass is 16.5. The number of aryl methyl sites for hydroxylation is 2. The fraction of sp³-hybridized carbons (Fsp3) is 0.500. The second-order valence-electron chi connectivity index (χ2n) is 18.8. The van der Waals surface area contributed by atoms with Crippen molar-refractivity contribution in [1.29, 1.82) is 0 Å². The van der Waals surface area contributed by atoms with Gasteiger partial charge in [0.1, 0.15) is 12.4 Å². The van der Waals surface area contributed by atoms with Crippen molar-refractivity contribution in [1.82, 2.24) is 9.88 Å². The van der Waals surface area contributed by atoms with E-state index in [0.717, 1.165) is 83.8 Å². The number of hydrogen-bond acceptors (Lipinski definition) is 8. The van der Waals surface area contributed by atoms with Gasteiger partial charge in [-0.3, -0.25) is 0 Å². The van der Waals surface area contributed by atoms with Gasteiger partial charge < -0.3 is 45.1 Å². The second kappa shape index (κ2) is 17.7. The summed E-state index contributed by atoms with van der Waals surface area (Å²) in [7, 11) is 0. The maximum absolute atomic E-state index is 11.6. The topological polar surface area (TPSA) is 131 Å². The maximum Gasteiger partial charge on any atom is 0.161 e. The van der Waals surface area contributed by atoms with E-state index in [0.29, 0.717) is 68.1 Å². The molecule has 9 heteroatoms. The Morgan fingerprint density at radius 2 is 1.85 bits per heavy atom. The number of dihydropyridines is 1. The van der Waals surface area contributed by atoms with Gasteiger partial charge in [0, 0.05) is 52.3 Å². The first kappa shape index (κ1) is 41.8. The number of hydrogen-bond donors (Lipinski definition) is 5. The number of aromatic hydroxyl groups is 1. The van der Waals surface area contributed by atoms with Crippen LogP contribution in [0, 0.1) is 35.5 Å². The van der Waals surface area contributed by atoms with E-state index in [1.54, 1.807) is 6.07 Å². The molecule has 4 aromatic rings. The fourth-order valence-electron chi connectivity index (χ4n) is 11.0. The zero-order valence-electron chi connectivity index (χ0n) is 36.1. The van der Waals surface area contributed by atoms with Crippen LogP contribution >= 0.6 is 0 Å². The molecule has 1 saturated heterocycles. The molecular weight excluding hydrogens is 763 g/mol. The molecule has 0 amide bonds. The minimum Gasteiger partial charge on any atom is -0.504 e. The number of nitrogens with one attached hydrogen (secondary N) is 1. The lowest BCUT2D eigenvalue weighted by atomic mass is 9.57. The quantitative estimate of drug-likeness (QED) is 0.127. The summed E-state index contributed by atoms with van der Waals surface area (Å²) in [5, 5.41) is 39.0. The fourth-order valence-corrected chi connectivity index (χ4v) is 11.0. The Balaban J connectivity index is 1.23. The summed E-state index contributed by atoms with van der Waals surface area (Å²) >= 11 is 0. The molecule has 6 N–H and O–H groups in total. The molecule has 1 fully saturated rings. The molecule has 7 unspecified atom stereocenters. The molecule has 7 atom stereocenters. The van der Waals surface area contributed by atoms with E-state index in [-0.39, 0.29) is 36.4 Å². The summed E-state index contributed by atoms with van der Waals surface area (Å²) in [4.78, 5) is 0. The number of fused-ring (bicyclic) bond motifs is 9. The Labute approximate surface area is 361 Å². The van der Waals surface area contributed by atoms with Crippen LogP contribution in [-0.2, 0) is 40.9 Å². The first-order chi connectivity index (χ1) is 29.6. The Morgan fingerprint density at radius 1 is 1.00 bits per heavy atom. The molecule has 1 aliphatic carbocycles. The Hall–Kier alpha value is -4.56. The van der Waals surface area contributed by atoms with Crippen molar-refractivity contribution in [2.24, 2.45) is 29.4 Å². The standard InChI is InChI=1S/C52H63N3O6/c1-32(2)8-10-34-14-17-44-25-43(57)16-13-36-23-49(48(58)22-39(36)28-56)61-29-40-21-42(52-18-19-59-30-41(52)15-12-35-6-4-5-7-47(35)52)20-38-26-55(27-45(38)40)51-46(31-60-44)37(11-9-33(34)3)24-50(53)54-51/h4-7,20-24,26-27,32-34,41,43-44,50,54,56-58H,8,10,12-19,25,28-31,53H2,1-3H3. The highest BCUT2D eigenvalue weighted by Crippen LogP contribution is 2.52. The number of nitrogens with two attached hydrogens (primary N) is 1. The van der Waals surface area contributed by atoms with E-state index in [9.17, 15) is 15.3 Å². The molecule has 61 heavy (non-hydrogen) atoms. The van der Waals surface area contributed by atoms with Gasteiger partial charge in [-0.25, -0.2) is 0 Å². The molecule has 5 heterocycles. The number of phenols is 1. The molecule has 9 rings (SSSR count). The molecule has 9 nitrogen and oxygen atoms in total. The molecular formula is C52H63N3O6. The van der Waals surface area contributed by atoms with Gasteiger partial charge in [-0.1, -0.05) is 69.4 Å². The average Bonchev–Trinajstić information content (AvgIpc) is 3.69. The number of nitrogens with zero attached hydrogens (tertiary/aromatic N) is 1. The van der Waals surface area contributed by atoms with Gasteiger partial charge >= 0.3 is 0 Å². The van der Waals surface area contributed by atoms with Gasteiger partial charge in [0.25, 0.3) is 0 Å². The third kappa shape index (κ3) is 8.38. The number of ether oxygens (including phenoxy) is 3. The Bertz CT molecular complexity index is 2380. The lowest BCUT2D eigenvalue weighted by Gasteiger charge is -2.49. The van der Waals surface area contributed by atoms with Crippen LogP contribution in [-0.4, -0.2) is 58.1 Å². The van der Waals surface area contributed by atoms with Crippen molar-refractivity contribution in [3.63, 3.8) is 0 Å². The molecule has 5 aliphatic rings. The largest absolute Gasteiger partial charge is 0.504 e. The van der Waals surface area contributed by atoms with Crippen LogP contribution in [0.1, 0.15) is 106 Å². The summed E-state index contributed by atoms with van der Waals surface area (Å²) < 4.78 is 21.9. The van der Waals surface area contributed by atoms with Crippen molar-refractivity contribution in [2.75, 3.05) is 19.8 Å². The van der Waals surface area contributed by atoms with E-state index >= 15 is 0 Å².